The van der Waals surface area contributed by atoms with Crippen molar-refractivity contribution < 1.29 is 0 Å². The highest BCUT2D eigenvalue weighted by molar-refractivity contribution is 7.11. The summed E-state index contributed by atoms with van der Waals surface area (Å²) in [5.41, 5.74) is 5.74. The van der Waals surface area contributed by atoms with E-state index in [1.165, 1.54) is 22.7 Å². The Kier molecular flexibility index (Phi) is 1.73. The van der Waals surface area contributed by atoms with Gasteiger partial charge in [0.15, 0.2) is 0 Å². The normalized spacial score (nSPS) is 18.2. The van der Waals surface area contributed by atoms with E-state index in [0.717, 1.165) is 5.92 Å². The SMILES string of the molecule is CC(C)(N)c1cnc(C2CC2)s1. The molecule has 1 saturated carbocycles. The average molecular weight is 182 g/mol. The van der Waals surface area contributed by atoms with E-state index < -0.39 is 0 Å². The molecule has 0 radical (unpaired) electrons. The maximum Gasteiger partial charge on any atom is 0.0959 e. The third-order valence-corrected chi connectivity index (χ3v) is 3.58. The molecule has 0 aliphatic heterocycles. The third-order valence-electron chi connectivity index (χ3n) is 2.09. The summed E-state index contributed by atoms with van der Waals surface area (Å²) in [4.78, 5) is 5.58. The first-order valence-corrected chi connectivity index (χ1v) is 5.14. The van der Waals surface area contributed by atoms with Crippen LogP contribution in [-0.4, -0.2) is 4.98 Å². The lowest BCUT2D eigenvalue weighted by Crippen LogP contribution is -2.27. The molecule has 0 amide bonds. The number of nitrogens with two attached hydrogens (primary N) is 1. The lowest BCUT2D eigenvalue weighted by molar-refractivity contribution is 0.566. The second kappa shape index (κ2) is 2.54. The van der Waals surface area contributed by atoms with E-state index in [-0.39, 0.29) is 5.54 Å². The van der Waals surface area contributed by atoms with Crippen molar-refractivity contribution in [1.82, 2.24) is 4.98 Å². The monoisotopic (exact) mass is 182 g/mol. The summed E-state index contributed by atoms with van der Waals surface area (Å²) in [6, 6.07) is 0. The van der Waals surface area contributed by atoms with E-state index in [9.17, 15) is 0 Å². The van der Waals surface area contributed by atoms with Crippen LogP contribution in [0.4, 0.5) is 0 Å². The molecular formula is C9H14N2S. The summed E-state index contributed by atoms with van der Waals surface area (Å²) in [5.74, 6) is 0.756. The molecule has 3 heteroatoms. The van der Waals surface area contributed by atoms with E-state index in [1.54, 1.807) is 11.3 Å². The first-order chi connectivity index (χ1) is 5.57. The Balaban J connectivity index is 2.23. The molecule has 1 fully saturated rings. The van der Waals surface area contributed by atoms with Crippen LogP contribution in [0.15, 0.2) is 6.20 Å². The van der Waals surface area contributed by atoms with Crippen LogP contribution in [0.3, 0.4) is 0 Å². The molecule has 1 aliphatic carbocycles. The summed E-state index contributed by atoms with van der Waals surface area (Å²) < 4.78 is 0. The molecule has 0 spiro atoms. The molecule has 2 rings (SSSR count). The van der Waals surface area contributed by atoms with Gasteiger partial charge >= 0.3 is 0 Å². The van der Waals surface area contributed by atoms with Crippen LogP contribution < -0.4 is 5.73 Å². The molecule has 12 heavy (non-hydrogen) atoms. The second-order valence-corrected chi connectivity index (χ2v) is 5.12. The number of aromatic nitrogens is 1. The molecule has 0 saturated heterocycles. The highest BCUT2D eigenvalue weighted by Crippen LogP contribution is 2.42. The van der Waals surface area contributed by atoms with E-state index in [4.69, 9.17) is 5.73 Å². The van der Waals surface area contributed by atoms with E-state index in [2.05, 4.69) is 4.98 Å². The standard InChI is InChI=1S/C9H14N2S/c1-9(2,10)7-5-11-8(12-7)6-3-4-6/h5-6H,3-4,10H2,1-2H3. The van der Waals surface area contributed by atoms with Gasteiger partial charge in [0.1, 0.15) is 0 Å². The van der Waals surface area contributed by atoms with Gasteiger partial charge in [0.25, 0.3) is 0 Å². The van der Waals surface area contributed by atoms with Crippen LogP contribution in [0.2, 0.25) is 0 Å². The van der Waals surface area contributed by atoms with Gasteiger partial charge in [0, 0.05) is 22.5 Å². The predicted molar refractivity (Wildman–Crippen MR) is 51.3 cm³/mol. The number of hydrogen-bond acceptors (Lipinski definition) is 3. The summed E-state index contributed by atoms with van der Waals surface area (Å²) in [6.45, 7) is 4.05. The van der Waals surface area contributed by atoms with Gasteiger partial charge < -0.3 is 5.73 Å². The van der Waals surface area contributed by atoms with Gasteiger partial charge in [0.05, 0.1) is 5.01 Å². The summed E-state index contributed by atoms with van der Waals surface area (Å²) in [7, 11) is 0. The van der Waals surface area contributed by atoms with Crippen molar-refractivity contribution in [1.29, 1.82) is 0 Å². The topological polar surface area (TPSA) is 38.9 Å². The minimum atomic E-state index is -0.217. The van der Waals surface area contributed by atoms with E-state index in [0.29, 0.717) is 0 Å². The maximum atomic E-state index is 5.96. The lowest BCUT2D eigenvalue weighted by Gasteiger charge is -2.14. The first kappa shape index (κ1) is 8.20. The Bertz CT molecular complexity index is 281. The molecule has 2 nitrogen and oxygen atoms in total. The van der Waals surface area contributed by atoms with Crippen molar-refractivity contribution in [3.63, 3.8) is 0 Å². The Labute approximate surface area is 76.8 Å². The molecule has 0 aromatic carbocycles. The Hall–Kier alpha value is -0.410. The molecule has 0 unspecified atom stereocenters. The van der Waals surface area contributed by atoms with Crippen molar-refractivity contribution in [2.75, 3.05) is 0 Å². The number of rotatable bonds is 2. The zero-order valence-electron chi connectivity index (χ0n) is 7.50. The second-order valence-electron chi connectivity index (χ2n) is 4.06. The number of hydrogen-bond donors (Lipinski definition) is 1. The molecular weight excluding hydrogens is 168 g/mol. The average Bonchev–Trinajstić information content (AvgIpc) is 2.66. The van der Waals surface area contributed by atoms with E-state index >= 15 is 0 Å². The van der Waals surface area contributed by atoms with Crippen molar-refractivity contribution >= 4 is 11.3 Å². The maximum absolute atomic E-state index is 5.96. The highest BCUT2D eigenvalue weighted by Gasteiger charge is 2.28. The molecule has 1 aliphatic rings. The minimum Gasteiger partial charge on any atom is -0.321 e. The van der Waals surface area contributed by atoms with Crippen LogP contribution in [0.5, 0.6) is 0 Å². The fourth-order valence-electron chi connectivity index (χ4n) is 1.10. The molecule has 0 bridgehead atoms. The number of thiazole rings is 1. The third kappa shape index (κ3) is 1.52. The van der Waals surface area contributed by atoms with Gasteiger partial charge in [-0.05, 0) is 26.7 Å². The van der Waals surface area contributed by atoms with Gasteiger partial charge in [-0.3, -0.25) is 0 Å². The fourth-order valence-corrected chi connectivity index (χ4v) is 2.21. The van der Waals surface area contributed by atoms with Gasteiger partial charge in [-0.25, -0.2) is 4.98 Å². The zero-order chi connectivity index (χ0) is 8.77. The van der Waals surface area contributed by atoms with Gasteiger partial charge in [-0.15, -0.1) is 11.3 Å². The Morgan fingerprint density at radius 2 is 2.25 bits per heavy atom. The Morgan fingerprint density at radius 1 is 1.58 bits per heavy atom. The predicted octanol–water partition coefficient (Wildman–Crippen LogP) is 2.21. The van der Waals surface area contributed by atoms with Gasteiger partial charge in [-0.2, -0.15) is 0 Å². The van der Waals surface area contributed by atoms with Crippen molar-refractivity contribution in [2.24, 2.45) is 5.73 Å². The van der Waals surface area contributed by atoms with Crippen LogP contribution >= 0.6 is 11.3 Å². The zero-order valence-corrected chi connectivity index (χ0v) is 8.32. The van der Waals surface area contributed by atoms with Gasteiger partial charge in [0.2, 0.25) is 0 Å². The van der Waals surface area contributed by atoms with E-state index in [1.807, 2.05) is 20.0 Å². The molecule has 1 aromatic heterocycles. The van der Waals surface area contributed by atoms with Crippen molar-refractivity contribution in [3.05, 3.63) is 16.1 Å². The van der Waals surface area contributed by atoms with Gasteiger partial charge in [-0.1, -0.05) is 0 Å². The van der Waals surface area contributed by atoms with Crippen molar-refractivity contribution in [3.8, 4) is 0 Å². The summed E-state index contributed by atoms with van der Waals surface area (Å²) >= 11 is 1.77. The molecule has 66 valence electrons. The largest absolute Gasteiger partial charge is 0.321 e. The highest BCUT2D eigenvalue weighted by atomic mass is 32.1. The van der Waals surface area contributed by atoms with Crippen LogP contribution in [0, 0.1) is 0 Å². The lowest BCUT2D eigenvalue weighted by atomic mass is 10.1. The van der Waals surface area contributed by atoms with Crippen molar-refractivity contribution in [2.45, 2.75) is 38.1 Å². The first-order valence-electron chi connectivity index (χ1n) is 4.32. The van der Waals surface area contributed by atoms with Crippen LogP contribution in [-0.2, 0) is 5.54 Å². The van der Waals surface area contributed by atoms with Crippen LogP contribution in [0.1, 0.15) is 42.5 Å². The molecule has 0 atom stereocenters. The molecule has 1 aromatic rings. The quantitative estimate of drug-likeness (QED) is 0.761. The molecule has 1 heterocycles. The summed E-state index contributed by atoms with van der Waals surface area (Å²) in [6.07, 6.45) is 4.56. The minimum absolute atomic E-state index is 0.217. The smallest absolute Gasteiger partial charge is 0.0959 e. The number of nitrogens with zero attached hydrogens (tertiary/aromatic N) is 1. The Morgan fingerprint density at radius 3 is 2.67 bits per heavy atom. The molecule has 2 N–H and O–H groups in total. The fraction of sp³-hybridized carbons (Fsp3) is 0.667. The van der Waals surface area contributed by atoms with Crippen LogP contribution in [0.25, 0.3) is 0 Å². The summed E-state index contributed by atoms with van der Waals surface area (Å²) in [5, 5.41) is 1.28.